The van der Waals surface area contributed by atoms with Crippen LogP contribution in [-0.2, 0) is 16.2 Å². The van der Waals surface area contributed by atoms with Crippen LogP contribution in [0.2, 0.25) is 5.02 Å². The lowest BCUT2D eigenvalue weighted by Gasteiger charge is -2.25. The van der Waals surface area contributed by atoms with E-state index in [1.165, 1.54) is 5.56 Å². The van der Waals surface area contributed by atoms with Gasteiger partial charge >= 0.3 is 0 Å². The fourth-order valence-electron chi connectivity index (χ4n) is 3.65. The van der Waals surface area contributed by atoms with Gasteiger partial charge in [0.1, 0.15) is 0 Å². The van der Waals surface area contributed by atoms with Gasteiger partial charge in [0.25, 0.3) is 5.91 Å². The Morgan fingerprint density at radius 1 is 1.24 bits per heavy atom. The lowest BCUT2D eigenvalue weighted by molar-refractivity contribution is -0.121. The summed E-state index contributed by atoms with van der Waals surface area (Å²) < 4.78 is -0.00603. The maximum absolute atomic E-state index is 13.5. The van der Waals surface area contributed by atoms with Gasteiger partial charge in [-0.05, 0) is 50.1 Å². The van der Waals surface area contributed by atoms with Crippen molar-refractivity contribution < 1.29 is 4.79 Å². The predicted octanol–water partition coefficient (Wildman–Crippen LogP) is 4.46. The van der Waals surface area contributed by atoms with Crippen LogP contribution < -0.4 is 10.2 Å². The number of nitrogens with zero attached hydrogens (tertiary/aromatic N) is 1. The minimum absolute atomic E-state index is 0.00603. The van der Waals surface area contributed by atoms with E-state index in [9.17, 15) is 4.79 Å². The van der Waals surface area contributed by atoms with E-state index < -0.39 is 4.87 Å². The smallest absolute Gasteiger partial charge is 0.262 e. The van der Waals surface area contributed by atoms with Crippen molar-refractivity contribution in [1.29, 1.82) is 0 Å². The van der Waals surface area contributed by atoms with Crippen molar-refractivity contribution in [2.45, 2.75) is 36.9 Å². The molecule has 1 saturated heterocycles. The summed E-state index contributed by atoms with van der Waals surface area (Å²) in [6.45, 7) is 7.78. The lowest BCUT2D eigenvalue weighted by Crippen LogP contribution is -2.44. The van der Waals surface area contributed by atoms with E-state index in [4.69, 9.17) is 11.6 Å². The Hall–Kier alpha value is -1.49. The van der Waals surface area contributed by atoms with Crippen molar-refractivity contribution in [2.24, 2.45) is 0 Å². The highest BCUT2D eigenvalue weighted by Crippen LogP contribution is 2.55. The van der Waals surface area contributed by atoms with E-state index in [0.29, 0.717) is 11.6 Å². The molecule has 2 aliphatic rings. The Labute approximate surface area is 157 Å². The molecule has 0 aliphatic carbocycles. The summed E-state index contributed by atoms with van der Waals surface area (Å²) in [5.41, 5.74) is 4.29. The van der Waals surface area contributed by atoms with E-state index in [-0.39, 0.29) is 10.7 Å². The Morgan fingerprint density at radius 3 is 2.68 bits per heavy atom. The Balaban J connectivity index is 1.80. The minimum atomic E-state index is -0.730. The SMILES string of the molecule is Cc1ccccc1CN1C(=O)C2(NCC(C)(C)S2)c2cc(Cl)ccc21. The average Bonchev–Trinajstić information content (AvgIpc) is 3.00. The number of anilines is 1. The number of carbonyl (C=O) groups excluding carboxylic acids is 1. The summed E-state index contributed by atoms with van der Waals surface area (Å²) in [6, 6.07) is 14.0. The first-order valence-corrected chi connectivity index (χ1v) is 9.64. The second-order valence-electron chi connectivity index (χ2n) is 7.38. The summed E-state index contributed by atoms with van der Waals surface area (Å²) in [5, 5.41) is 4.16. The van der Waals surface area contributed by atoms with Gasteiger partial charge in [-0.25, -0.2) is 0 Å². The molecule has 1 N–H and O–H groups in total. The molecule has 1 atom stereocenters. The Morgan fingerprint density at radius 2 is 2.00 bits per heavy atom. The third-order valence-electron chi connectivity index (χ3n) is 4.96. The number of carbonyl (C=O) groups is 1. The van der Waals surface area contributed by atoms with Gasteiger partial charge < -0.3 is 4.90 Å². The molecule has 3 nitrogen and oxygen atoms in total. The first-order chi connectivity index (χ1) is 11.8. The van der Waals surface area contributed by atoms with Crippen molar-refractivity contribution in [3.05, 3.63) is 64.2 Å². The van der Waals surface area contributed by atoms with Crippen LogP contribution in [0.4, 0.5) is 5.69 Å². The summed E-state index contributed by atoms with van der Waals surface area (Å²) in [6.07, 6.45) is 0. The lowest BCUT2D eigenvalue weighted by atomic mass is 10.1. The zero-order valence-corrected chi connectivity index (χ0v) is 16.2. The van der Waals surface area contributed by atoms with Gasteiger partial charge in [0.05, 0.1) is 12.2 Å². The zero-order chi connectivity index (χ0) is 17.8. The molecule has 1 unspecified atom stereocenters. The average molecular weight is 373 g/mol. The number of thioether (sulfide) groups is 1. The van der Waals surface area contributed by atoms with Gasteiger partial charge in [-0.3, -0.25) is 10.1 Å². The maximum atomic E-state index is 13.5. The fourth-order valence-corrected chi connectivity index (χ4v) is 5.41. The molecule has 1 spiro atoms. The molecule has 2 aromatic carbocycles. The summed E-state index contributed by atoms with van der Waals surface area (Å²) in [4.78, 5) is 14.7. The van der Waals surface area contributed by atoms with Crippen LogP contribution in [0.1, 0.15) is 30.5 Å². The van der Waals surface area contributed by atoms with Crippen LogP contribution in [0.25, 0.3) is 0 Å². The Kier molecular flexibility index (Phi) is 3.91. The zero-order valence-electron chi connectivity index (χ0n) is 14.6. The molecular weight excluding hydrogens is 352 g/mol. The third-order valence-corrected chi connectivity index (χ3v) is 6.73. The topological polar surface area (TPSA) is 32.3 Å². The molecule has 1 fully saturated rings. The van der Waals surface area contributed by atoms with Gasteiger partial charge in [-0.1, -0.05) is 35.9 Å². The molecule has 1 amide bonds. The molecule has 2 aromatic rings. The van der Waals surface area contributed by atoms with Crippen molar-refractivity contribution in [3.8, 4) is 0 Å². The van der Waals surface area contributed by atoms with Crippen LogP contribution >= 0.6 is 23.4 Å². The van der Waals surface area contributed by atoms with Crippen molar-refractivity contribution in [2.75, 3.05) is 11.4 Å². The monoisotopic (exact) mass is 372 g/mol. The van der Waals surface area contributed by atoms with Crippen LogP contribution in [-0.4, -0.2) is 17.2 Å². The fraction of sp³-hybridized carbons (Fsp3) is 0.350. The van der Waals surface area contributed by atoms with Gasteiger partial charge in [0.2, 0.25) is 0 Å². The number of nitrogens with one attached hydrogen (secondary N) is 1. The number of hydrogen-bond acceptors (Lipinski definition) is 3. The molecule has 0 aromatic heterocycles. The molecule has 2 aliphatic heterocycles. The molecule has 0 saturated carbocycles. The number of rotatable bonds is 2. The molecule has 130 valence electrons. The molecule has 25 heavy (non-hydrogen) atoms. The largest absolute Gasteiger partial charge is 0.305 e. The van der Waals surface area contributed by atoms with Crippen LogP contribution in [0.15, 0.2) is 42.5 Å². The van der Waals surface area contributed by atoms with E-state index in [0.717, 1.165) is 23.4 Å². The van der Waals surface area contributed by atoms with Crippen LogP contribution in [0, 0.1) is 6.92 Å². The second kappa shape index (κ2) is 5.76. The standard InChI is InChI=1S/C20H21ClN2OS/c1-13-6-4-5-7-14(13)11-23-17-9-8-15(21)10-16(17)20(18(23)24)22-12-19(2,3)25-20/h4-10,22H,11-12H2,1-3H3. The number of fused-ring (bicyclic) bond motifs is 2. The maximum Gasteiger partial charge on any atom is 0.262 e. The van der Waals surface area contributed by atoms with Gasteiger partial charge in [0, 0.05) is 21.9 Å². The highest BCUT2D eigenvalue weighted by atomic mass is 35.5. The van der Waals surface area contributed by atoms with Crippen molar-refractivity contribution in [1.82, 2.24) is 5.32 Å². The number of halogens is 1. The van der Waals surface area contributed by atoms with E-state index in [1.54, 1.807) is 11.8 Å². The molecule has 0 bridgehead atoms. The second-order valence-corrected chi connectivity index (χ2v) is 9.73. The highest BCUT2D eigenvalue weighted by molar-refractivity contribution is 8.02. The van der Waals surface area contributed by atoms with E-state index in [1.807, 2.05) is 35.2 Å². The number of hydrogen-bond donors (Lipinski definition) is 1. The molecule has 2 heterocycles. The molecule has 4 rings (SSSR count). The van der Waals surface area contributed by atoms with Crippen molar-refractivity contribution in [3.63, 3.8) is 0 Å². The van der Waals surface area contributed by atoms with E-state index in [2.05, 4.69) is 38.2 Å². The number of amides is 1. The summed E-state index contributed by atoms with van der Waals surface area (Å²) >= 11 is 7.96. The predicted molar refractivity (Wildman–Crippen MR) is 105 cm³/mol. The molecule has 5 heteroatoms. The van der Waals surface area contributed by atoms with Gasteiger partial charge in [0.15, 0.2) is 4.87 Å². The molecule has 0 radical (unpaired) electrons. The van der Waals surface area contributed by atoms with E-state index >= 15 is 0 Å². The normalized spacial score (nSPS) is 24.2. The van der Waals surface area contributed by atoms with Gasteiger partial charge in [-0.2, -0.15) is 0 Å². The summed E-state index contributed by atoms with van der Waals surface area (Å²) in [5.74, 6) is 0.101. The minimum Gasteiger partial charge on any atom is -0.305 e. The number of benzene rings is 2. The van der Waals surface area contributed by atoms with Crippen molar-refractivity contribution >= 4 is 35.0 Å². The quantitative estimate of drug-likeness (QED) is 0.844. The number of aryl methyl sites for hydroxylation is 1. The Bertz CT molecular complexity index is 867. The van der Waals surface area contributed by atoms with Gasteiger partial charge in [-0.15, -0.1) is 11.8 Å². The third kappa shape index (κ3) is 2.67. The molecular formula is C20H21ClN2OS. The van der Waals surface area contributed by atoms with Crippen LogP contribution in [0.3, 0.4) is 0 Å². The van der Waals surface area contributed by atoms with Crippen LogP contribution in [0.5, 0.6) is 0 Å². The first kappa shape index (κ1) is 17.0. The summed E-state index contributed by atoms with van der Waals surface area (Å²) in [7, 11) is 0. The first-order valence-electron chi connectivity index (χ1n) is 8.44. The highest BCUT2D eigenvalue weighted by Gasteiger charge is 2.57.